The van der Waals surface area contributed by atoms with E-state index in [9.17, 15) is 13.5 Å². The number of nitrogens with zero attached hydrogens (tertiary/aromatic N) is 1. The largest absolute Gasteiger partial charge is 0.389 e. The summed E-state index contributed by atoms with van der Waals surface area (Å²) in [5.41, 5.74) is -0.445. The van der Waals surface area contributed by atoms with Crippen LogP contribution in [0.15, 0.2) is 17.0 Å². The Kier molecular flexibility index (Phi) is 4.63. The Morgan fingerprint density at radius 2 is 1.81 bits per heavy atom. The zero-order valence-corrected chi connectivity index (χ0v) is 14.6. The third-order valence-electron chi connectivity index (χ3n) is 3.88. The minimum Gasteiger partial charge on any atom is -0.389 e. The lowest BCUT2D eigenvalue weighted by Gasteiger charge is -2.33. The van der Waals surface area contributed by atoms with Crippen molar-refractivity contribution in [2.45, 2.75) is 50.2 Å². The standard InChI is InChI=1S/C14H19Cl2NO3S/c1-9-11(15)7-10(8-12(9)16)21(19,20)17-6-4-5-13(17)14(2,3)18/h7-8,13,18H,4-6H2,1-3H3. The van der Waals surface area contributed by atoms with Gasteiger partial charge in [-0.2, -0.15) is 4.31 Å². The zero-order chi connectivity index (χ0) is 16.0. The highest BCUT2D eigenvalue weighted by molar-refractivity contribution is 7.89. The van der Waals surface area contributed by atoms with Crippen LogP contribution >= 0.6 is 23.2 Å². The molecule has 0 aromatic heterocycles. The lowest BCUT2D eigenvalue weighted by atomic mass is 9.98. The molecule has 1 atom stereocenters. The van der Waals surface area contributed by atoms with E-state index in [0.717, 1.165) is 6.42 Å². The molecule has 0 bridgehead atoms. The van der Waals surface area contributed by atoms with Crippen LogP contribution in [0.1, 0.15) is 32.3 Å². The third kappa shape index (κ3) is 3.22. The maximum Gasteiger partial charge on any atom is 0.243 e. The van der Waals surface area contributed by atoms with Gasteiger partial charge in [0.05, 0.1) is 16.5 Å². The molecular formula is C14H19Cl2NO3S. The summed E-state index contributed by atoms with van der Waals surface area (Å²) < 4.78 is 27.0. The van der Waals surface area contributed by atoms with E-state index in [4.69, 9.17) is 23.2 Å². The summed E-state index contributed by atoms with van der Waals surface area (Å²) in [7, 11) is -3.73. The van der Waals surface area contributed by atoms with Crippen LogP contribution in [0.3, 0.4) is 0 Å². The minimum atomic E-state index is -3.73. The molecule has 0 saturated carbocycles. The van der Waals surface area contributed by atoms with Crippen molar-refractivity contribution in [3.8, 4) is 0 Å². The van der Waals surface area contributed by atoms with Gasteiger partial charge in [-0.25, -0.2) is 8.42 Å². The van der Waals surface area contributed by atoms with Crippen LogP contribution < -0.4 is 0 Å². The van der Waals surface area contributed by atoms with E-state index in [2.05, 4.69) is 0 Å². The van der Waals surface area contributed by atoms with E-state index in [0.29, 0.717) is 28.6 Å². The quantitative estimate of drug-likeness (QED) is 0.909. The molecule has 1 heterocycles. The molecule has 118 valence electrons. The Balaban J connectivity index is 2.47. The van der Waals surface area contributed by atoms with Crippen LogP contribution in [0.2, 0.25) is 10.0 Å². The average molecular weight is 352 g/mol. The summed E-state index contributed by atoms with van der Waals surface area (Å²) in [6, 6.07) is 2.39. The maximum absolute atomic E-state index is 12.8. The third-order valence-corrected chi connectivity index (χ3v) is 6.55. The summed E-state index contributed by atoms with van der Waals surface area (Å²) in [6.07, 6.45) is 1.36. The predicted octanol–water partition coefficient (Wildman–Crippen LogP) is 3.23. The second-order valence-corrected chi connectivity index (χ2v) is 8.64. The molecule has 0 amide bonds. The Labute approximate surface area is 135 Å². The van der Waals surface area contributed by atoms with Crippen LogP contribution in [0.5, 0.6) is 0 Å². The van der Waals surface area contributed by atoms with Gasteiger partial charge in [0.25, 0.3) is 0 Å². The molecule has 7 heteroatoms. The number of sulfonamides is 1. The first-order valence-electron chi connectivity index (χ1n) is 6.75. The Morgan fingerprint density at radius 3 is 2.29 bits per heavy atom. The molecule has 1 aromatic rings. The highest BCUT2D eigenvalue weighted by atomic mass is 35.5. The number of aliphatic hydroxyl groups is 1. The summed E-state index contributed by atoms with van der Waals surface area (Å²) in [5.74, 6) is 0. The fraction of sp³-hybridized carbons (Fsp3) is 0.571. The summed E-state index contributed by atoms with van der Waals surface area (Å²) in [4.78, 5) is 0.0688. The molecule has 21 heavy (non-hydrogen) atoms. The molecule has 1 unspecified atom stereocenters. The molecule has 1 aliphatic heterocycles. The van der Waals surface area contributed by atoms with E-state index < -0.39 is 21.7 Å². The second kappa shape index (κ2) is 5.70. The van der Waals surface area contributed by atoms with Gasteiger partial charge >= 0.3 is 0 Å². The van der Waals surface area contributed by atoms with Crippen molar-refractivity contribution in [1.82, 2.24) is 4.31 Å². The molecule has 1 aromatic carbocycles. The molecule has 1 saturated heterocycles. The van der Waals surface area contributed by atoms with Crippen molar-refractivity contribution < 1.29 is 13.5 Å². The van der Waals surface area contributed by atoms with E-state index in [-0.39, 0.29) is 4.90 Å². The molecule has 1 N–H and O–H groups in total. The highest BCUT2D eigenvalue weighted by Crippen LogP contribution is 2.35. The van der Waals surface area contributed by atoms with Crippen molar-refractivity contribution in [2.24, 2.45) is 0 Å². The summed E-state index contributed by atoms with van der Waals surface area (Å²) in [5, 5.41) is 10.8. The van der Waals surface area contributed by atoms with Crippen LogP contribution in [-0.2, 0) is 10.0 Å². The minimum absolute atomic E-state index is 0.0688. The zero-order valence-electron chi connectivity index (χ0n) is 12.2. The first-order valence-corrected chi connectivity index (χ1v) is 8.94. The molecular weight excluding hydrogens is 333 g/mol. The lowest BCUT2D eigenvalue weighted by molar-refractivity contribution is 0.0215. The molecule has 0 radical (unpaired) electrons. The number of halogens is 2. The Bertz CT molecular complexity index is 630. The number of hydrogen-bond acceptors (Lipinski definition) is 3. The summed E-state index contributed by atoms with van der Waals surface area (Å²) >= 11 is 12.1. The smallest absolute Gasteiger partial charge is 0.243 e. The summed E-state index contributed by atoms with van der Waals surface area (Å²) in [6.45, 7) is 5.37. The molecule has 1 fully saturated rings. The molecule has 1 aliphatic rings. The van der Waals surface area contributed by atoms with Crippen LogP contribution in [0, 0.1) is 6.92 Å². The van der Waals surface area contributed by atoms with Crippen molar-refractivity contribution >= 4 is 33.2 Å². The van der Waals surface area contributed by atoms with Gasteiger partial charge in [0.15, 0.2) is 0 Å². The molecule has 0 spiro atoms. The van der Waals surface area contributed by atoms with Gasteiger partial charge in [-0.15, -0.1) is 0 Å². The Hall–Kier alpha value is -0.330. The predicted molar refractivity (Wildman–Crippen MR) is 84.4 cm³/mol. The van der Waals surface area contributed by atoms with Gasteiger partial charge in [-0.1, -0.05) is 23.2 Å². The van der Waals surface area contributed by atoms with Gasteiger partial charge in [0, 0.05) is 16.6 Å². The first kappa shape index (κ1) is 17.0. The normalized spacial score (nSPS) is 21.0. The Morgan fingerprint density at radius 1 is 1.29 bits per heavy atom. The van der Waals surface area contributed by atoms with Gasteiger partial charge in [-0.3, -0.25) is 0 Å². The number of benzene rings is 1. The first-order chi connectivity index (χ1) is 9.55. The van der Waals surface area contributed by atoms with E-state index >= 15 is 0 Å². The molecule has 2 rings (SSSR count). The van der Waals surface area contributed by atoms with Gasteiger partial charge in [0.1, 0.15) is 0 Å². The van der Waals surface area contributed by atoms with Crippen LogP contribution in [0.4, 0.5) is 0 Å². The fourth-order valence-electron chi connectivity index (χ4n) is 2.64. The number of rotatable bonds is 3. The van der Waals surface area contributed by atoms with Gasteiger partial charge in [-0.05, 0) is 51.3 Å². The van der Waals surface area contributed by atoms with E-state index in [1.54, 1.807) is 20.8 Å². The van der Waals surface area contributed by atoms with E-state index in [1.165, 1.54) is 16.4 Å². The van der Waals surface area contributed by atoms with Crippen molar-refractivity contribution in [2.75, 3.05) is 6.54 Å². The van der Waals surface area contributed by atoms with Crippen LogP contribution in [0.25, 0.3) is 0 Å². The van der Waals surface area contributed by atoms with Gasteiger partial charge < -0.3 is 5.11 Å². The van der Waals surface area contributed by atoms with Gasteiger partial charge in [0.2, 0.25) is 10.0 Å². The van der Waals surface area contributed by atoms with Crippen molar-refractivity contribution in [3.63, 3.8) is 0 Å². The monoisotopic (exact) mass is 351 g/mol. The highest BCUT2D eigenvalue weighted by Gasteiger charge is 2.42. The van der Waals surface area contributed by atoms with E-state index in [1.807, 2.05) is 0 Å². The van der Waals surface area contributed by atoms with Crippen molar-refractivity contribution in [1.29, 1.82) is 0 Å². The fourth-order valence-corrected chi connectivity index (χ4v) is 5.13. The lowest BCUT2D eigenvalue weighted by Crippen LogP contribution is -2.48. The van der Waals surface area contributed by atoms with Crippen LogP contribution in [-0.4, -0.2) is 36.0 Å². The second-order valence-electron chi connectivity index (χ2n) is 5.94. The average Bonchev–Trinajstić information content (AvgIpc) is 2.84. The molecule has 0 aliphatic carbocycles. The number of hydrogen-bond donors (Lipinski definition) is 1. The topological polar surface area (TPSA) is 57.6 Å². The SMILES string of the molecule is Cc1c(Cl)cc(S(=O)(=O)N2CCCC2C(C)(C)O)cc1Cl. The maximum atomic E-state index is 12.8. The molecule has 4 nitrogen and oxygen atoms in total. The van der Waals surface area contributed by atoms with Crippen molar-refractivity contribution in [3.05, 3.63) is 27.7 Å².